The van der Waals surface area contributed by atoms with Gasteiger partial charge < -0.3 is 9.42 Å². The van der Waals surface area contributed by atoms with Crippen LogP contribution in [0.2, 0.25) is 0 Å². The van der Waals surface area contributed by atoms with Gasteiger partial charge in [0.05, 0.1) is 0 Å². The van der Waals surface area contributed by atoms with Crippen LogP contribution in [0.25, 0.3) is 0 Å². The minimum atomic E-state index is -3.92. The van der Waals surface area contributed by atoms with Crippen LogP contribution in [0.1, 0.15) is 16.2 Å². The van der Waals surface area contributed by atoms with Gasteiger partial charge in [-0.25, -0.2) is 12.8 Å². The molecule has 1 amide bonds. The summed E-state index contributed by atoms with van der Waals surface area (Å²) in [5, 5.41) is 3.67. The summed E-state index contributed by atoms with van der Waals surface area (Å²) in [6, 6.07) is 6.79. The molecule has 1 aromatic heterocycles. The number of rotatable bonds is 3. The predicted molar refractivity (Wildman–Crippen MR) is 82.3 cm³/mol. The lowest BCUT2D eigenvalue weighted by Crippen LogP contribution is -2.50. The molecule has 1 aliphatic heterocycles. The first-order valence-electron chi connectivity index (χ1n) is 7.37. The molecule has 0 unspecified atom stereocenters. The number of hydrogen-bond acceptors (Lipinski definition) is 5. The molecule has 3 rings (SSSR count). The van der Waals surface area contributed by atoms with Crippen molar-refractivity contribution in [2.45, 2.75) is 11.8 Å². The van der Waals surface area contributed by atoms with Crippen molar-refractivity contribution in [1.82, 2.24) is 14.4 Å². The van der Waals surface area contributed by atoms with Crippen LogP contribution < -0.4 is 0 Å². The van der Waals surface area contributed by atoms with E-state index >= 15 is 0 Å². The minimum Gasteiger partial charge on any atom is -0.361 e. The van der Waals surface area contributed by atoms with Crippen molar-refractivity contribution in [3.05, 3.63) is 47.6 Å². The summed E-state index contributed by atoms with van der Waals surface area (Å²) in [6.07, 6.45) is 0. The Hall–Kier alpha value is -2.26. The van der Waals surface area contributed by atoms with E-state index in [2.05, 4.69) is 5.16 Å². The Morgan fingerprint density at radius 3 is 2.46 bits per heavy atom. The Labute approximate surface area is 138 Å². The van der Waals surface area contributed by atoms with E-state index in [9.17, 15) is 17.6 Å². The molecule has 0 atom stereocenters. The molecule has 1 saturated heterocycles. The fourth-order valence-corrected chi connectivity index (χ4v) is 4.04. The Morgan fingerprint density at radius 2 is 1.88 bits per heavy atom. The maximum atomic E-state index is 13.8. The number of hydrogen-bond donors (Lipinski definition) is 0. The van der Waals surface area contributed by atoms with E-state index < -0.39 is 15.8 Å². The van der Waals surface area contributed by atoms with Crippen molar-refractivity contribution in [3.8, 4) is 0 Å². The molecule has 0 N–H and O–H groups in total. The molecule has 0 aliphatic carbocycles. The van der Waals surface area contributed by atoms with E-state index in [1.54, 1.807) is 6.92 Å². The lowest BCUT2D eigenvalue weighted by Gasteiger charge is -2.33. The first-order chi connectivity index (χ1) is 11.4. The van der Waals surface area contributed by atoms with Crippen molar-refractivity contribution in [2.75, 3.05) is 26.2 Å². The van der Waals surface area contributed by atoms with Gasteiger partial charge in [-0.2, -0.15) is 4.31 Å². The summed E-state index contributed by atoms with van der Waals surface area (Å²) in [5.74, 6) is -0.567. The van der Waals surface area contributed by atoms with Gasteiger partial charge in [0.15, 0.2) is 5.69 Å². The highest BCUT2D eigenvalue weighted by molar-refractivity contribution is 7.89. The molecule has 0 radical (unpaired) electrons. The number of sulfonamides is 1. The highest BCUT2D eigenvalue weighted by Gasteiger charge is 2.32. The minimum absolute atomic E-state index is 0.0965. The third kappa shape index (κ3) is 3.04. The lowest BCUT2D eigenvalue weighted by molar-refractivity contribution is 0.0687. The van der Waals surface area contributed by atoms with Gasteiger partial charge in [-0.3, -0.25) is 4.79 Å². The molecule has 9 heteroatoms. The average molecular weight is 353 g/mol. The van der Waals surface area contributed by atoms with E-state index in [4.69, 9.17) is 4.52 Å². The molecule has 7 nitrogen and oxygen atoms in total. The number of nitrogens with zero attached hydrogens (tertiary/aromatic N) is 3. The predicted octanol–water partition coefficient (Wildman–Crippen LogP) is 1.27. The van der Waals surface area contributed by atoms with Crippen LogP contribution >= 0.6 is 0 Å². The second kappa shape index (κ2) is 6.33. The Bertz CT molecular complexity index is 857. The van der Waals surface area contributed by atoms with Crippen LogP contribution in [-0.2, 0) is 10.0 Å². The van der Waals surface area contributed by atoms with Crippen LogP contribution in [0.3, 0.4) is 0 Å². The van der Waals surface area contributed by atoms with Crippen LogP contribution in [0.15, 0.2) is 39.8 Å². The summed E-state index contributed by atoms with van der Waals surface area (Å²) in [5.41, 5.74) is 0.193. The van der Waals surface area contributed by atoms with Gasteiger partial charge in [-0.05, 0) is 19.1 Å². The Morgan fingerprint density at radius 1 is 1.21 bits per heavy atom. The number of halogens is 1. The summed E-state index contributed by atoms with van der Waals surface area (Å²) >= 11 is 0. The van der Waals surface area contributed by atoms with Gasteiger partial charge in [0.2, 0.25) is 10.0 Å². The average Bonchev–Trinajstić information content (AvgIpc) is 3.01. The smallest absolute Gasteiger partial charge is 0.276 e. The molecule has 0 bridgehead atoms. The molecule has 0 saturated carbocycles. The molecule has 1 fully saturated rings. The van der Waals surface area contributed by atoms with Crippen molar-refractivity contribution < 1.29 is 22.1 Å². The van der Waals surface area contributed by atoms with E-state index in [0.717, 1.165) is 6.07 Å². The summed E-state index contributed by atoms with van der Waals surface area (Å²) < 4.78 is 44.9. The van der Waals surface area contributed by atoms with Crippen LogP contribution in [0, 0.1) is 12.7 Å². The molecule has 24 heavy (non-hydrogen) atoms. The zero-order valence-corrected chi connectivity index (χ0v) is 13.8. The molecular formula is C15H16FN3O4S. The Balaban J connectivity index is 1.71. The Kier molecular flexibility index (Phi) is 4.37. The third-order valence-corrected chi connectivity index (χ3v) is 5.76. The number of piperazine rings is 1. The van der Waals surface area contributed by atoms with Gasteiger partial charge in [-0.15, -0.1) is 0 Å². The fourth-order valence-electron chi connectivity index (χ4n) is 2.55. The number of benzene rings is 1. The standard InChI is InChI=1S/C15H16FN3O4S/c1-11-10-13(17-23-11)15(20)18-6-8-19(9-7-18)24(21,22)14-5-3-2-4-12(14)16/h2-5,10H,6-9H2,1H3. The van der Waals surface area contributed by atoms with Crippen molar-refractivity contribution in [3.63, 3.8) is 0 Å². The van der Waals surface area contributed by atoms with Gasteiger partial charge >= 0.3 is 0 Å². The van der Waals surface area contributed by atoms with Gasteiger partial charge in [0.1, 0.15) is 16.5 Å². The van der Waals surface area contributed by atoms with Crippen LogP contribution in [0.4, 0.5) is 4.39 Å². The maximum Gasteiger partial charge on any atom is 0.276 e. The van der Waals surface area contributed by atoms with Gasteiger partial charge in [0.25, 0.3) is 5.91 Å². The first-order valence-corrected chi connectivity index (χ1v) is 8.81. The van der Waals surface area contributed by atoms with Crippen molar-refractivity contribution in [1.29, 1.82) is 0 Å². The van der Waals surface area contributed by atoms with Crippen LogP contribution in [-0.4, -0.2) is 54.9 Å². The maximum absolute atomic E-state index is 13.8. The topological polar surface area (TPSA) is 83.7 Å². The summed E-state index contributed by atoms with van der Waals surface area (Å²) in [4.78, 5) is 13.4. The second-order valence-corrected chi connectivity index (χ2v) is 7.36. The van der Waals surface area contributed by atoms with Crippen molar-refractivity contribution >= 4 is 15.9 Å². The van der Waals surface area contributed by atoms with E-state index in [1.807, 2.05) is 0 Å². The number of aryl methyl sites for hydroxylation is 1. The zero-order valence-electron chi connectivity index (χ0n) is 13.0. The molecule has 2 heterocycles. The highest BCUT2D eigenvalue weighted by atomic mass is 32.2. The molecular weight excluding hydrogens is 337 g/mol. The molecule has 2 aromatic rings. The largest absolute Gasteiger partial charge is 0.361 e. The van der Waals surface area contributed by atoms with E-state index in [0.29, 0.717) is 5.76 Å². The normalized spacial score (nSPS) is 16.3. The molecule has 1 aromatic carbocycles. The molecule has 0 spiro atoms. The molecule has 128 valence electrons. The number of amides is 1. The first kappa shape index (κ1) is 16.6. The quantitative estimate of drug-likeness (QED) is 0.830. The van der Waals surface area contributed by atoms with Gasteiger partial charge in [0, 0.05) is 32.2 Å². The van der Waals surface area contributed by atoms with E-state index in [-0.39, 0.29) is 42.7 Å². The number of carbonyl (C=O) groups is 1. The SMILES string of the molecule is Cc1cc(C(=O)N2CCN(S(=O)(=O)c3ccccc3F)CC2)no1. The lowest BCUT2D eigenvalue weighted by atomic mass is 10.3. The van der Waals surface area contributed by atoms with Gasteiger partial charge in [-0.1, -0.05) is 17.3 Å². The summed E-state index contributed by atoms with van der Waals surface area (Å²) in [6.45, 7) is 2.29. The monoisotopic (exact) mass is 353 g/mol. The third-order valence-electron chi connectivity index (χ3n) is 3.83. The van der Waals surface area contributed by atoms with Crippen LogP contribution in [0.5, 0.6) is 0 Å². The number of carbonyl (C=O) groups excluding carboxylic acids is 1. The number of aromatic nitrogens is 1. The molecule has 1 aliphatic rings. The summed E-state index contributed by atoms with van der Waals surface area (Å²) in [7, 11) is -3.92. The highest BCUT2D eigenvalue weighted by Crippen LogP contribution is 2.21. The van der Waals surface area contributed by atoms with Crippen molar-refractivity contribution in [2.24, 2.45) is 0 Å². The second-order valence-electron chi connectivity index (χ2n) is 5.45. The van der Waals surface area contributed by atoms with E-state index in [1.165, 1.54) is 33.5 Å². The zero-order chi connectivity index (χ0) is 17.3. The fraction of sp³-hybridized carbons (Fsp3) is 0.333.